The van der Waals surface area contributed by atoms with E-state index < -0.39 is 29.5 Å². The molecule has 1 fully saturated rings. The van der Waals surface area contributed by atoms with E-state index in [0.717, 1.165) is 16.9 Å². The number of aliphatic hydroxyl groups excluding tert-OH is 1. The summed E-state index contributed by atoms with van der Waals surface area (Å²) in [5, 5.41) is 12.0. The number of aryl methyl sites for hydroxylation is 1. The molecule has 0 aliphatic carbocycles. The highest BCUT2D eigenvalue weighted by Crippen LogP contribution is 2.45. The average Bonchev–Trinajstić information content (AvgIpc) is 3.55. The van der Waals surface area contributed by atoms with Gasteiger partial charge in [0.25, 0.3) is 5.78 Å². The molecular formula is C34H29ClN2O7S. The predicted octanol–water partition coefficient (Wildman–Crippen LogP) is 7.05. The minimum Gasteiger partial charge on any atom is -0.507 e. The van der Waals surface area contributed by atoms with Crippen LogP contribution in [0.15, 0.2) is 91.0 Å². The number of aliphatic hydroxyl groups is 1. The fraction of sp³-hybridized carbons (Fsp3) is 0.176. The van der Waals surface area contributed by atoms with Gasteiger partial charge in [-0.15, -0.1) is 0 Å². The summed E-state index contributed by atoms with van der Waals surface area (Å²) in [6.07, 6.45) is 1.44. The van der Waals surface area contributed by atoms with Crippen molar-refractivity contribution in [3.8, 4) is 11.5 Å². The number of carbonyl (C=O) groups is 3. The lowest BCUT2D eigenvalue weighted by atomic mass is 9.95. The Bertz CT molecular complexity index is 1780. The summed E-state index contributed by atoms with van der Waals surface area (Å²) in [7, 11) is 0. The number of Topliss-reactive ketones (excluding diaryl/α,β-unsaturated/α-hetero) is 1. The van der Waals surface area contributed by atoms with E-state index in [1.54, 1.807) is 49.4 Å². The fourth-order valence-corrected chi connectivity index (χ4v) is 5.91. The molecule has 1 aromatic heterocycles. The van der Waals surface area contributed by atoms with Crippen molar-refractivity contribution in [1.82, 2.24) is 4.98 Å². The second-order valence-electron chi connectivity index (χ2n) is 9.89. The number of ether oxygens (including phenoxy) is 3. The minimum atomic E-state index is -1.12. The molecular weight excluding hydrogens is 616 g/mol. The van der Waals surface area contributed by atoms with Crippen LogP contribution in [0.2, 0.25) is 5.02 Å². The van der Waals surface area contributed by atoms with E-state index in [1.165, 1.54) is 11.0 Å². The largest absolute Gasteiger partial charge is 0.507 e. The molecule has 45 heavy (non-hydrogen) atoms. The Morgan fingerprint density at radius 2 is 1.80 bits per heavy atom. The molecule has 3 aromatic carbocycles. The first kappa shape index (κ1) is 31.5. The lowest BCUT2D eigenvalue weighted by molar-refractivity contribution is -0.132. The van der Waals surface area contributed by atoms with Gasteiger partial charge >= 0.3 is 11.9 Å². The Morgan fingerprint density at radius 1 is 1.07 bits per heavy atom. The van der Waals surface area contributed by atoms with Crippen LogP contribution in [0.1, 0.15) is 45.0 Å². The van der Waals surface area contributed by atoms with Gasteiger partial charge in [-0.1, -0.05) is 72.0 Å². The number of benzene rings is 3. The lowest BCUT2D eigenvalue weighted by Gasteiger charge is -2.24. The average molecular weight is 645 g/mol. The number of hydrogen-bond donors (Lipinski definition) is 1. The summed E-state index contributed by atoms with van der Waals surface area (Å²) in [5.74, 6) is -2.03. The first-order valence-corrected chi connectivity index (χ1v) is 15.2. The minimum absolute atomic E-state index is 0.00396. The van der Waals surface area contributed by atoms with Crippen LogP contribution in [-0.2, 0) is 20.9 Å². The molecule has 2 heterocycles. The van der Waals surface area contributed by atoms with E-state index in [2.05, 4.69) is 11.6 Å². The quantitative estimate of drug-likeness (QED) is 0.0607. The molecule has 1 N–H and O–H groups in total. The van der Waals surface area contributed by atoms with Crippen molar-refractivity contribution >= 4 is 51.5 Å². The summed E-state index contributed by atoms with van der Waals surface area (Å²) in [5.41, 5.74) is 1.86. The number of anilines is 1. The summed E-state index contributed by atoms with van der Waals surface area (Å²) < 4.78 is 17.2. The van der Waals surface area contributed by atoms with E-state index in [0.29, 0.717) is 46.6 Å². The molecule has 0 radical (unpaired) electrons. The Morgan fingerprint density at radius 3 is 2.49 bits per heavy atom. The topological polar surface area (TPSA) is 115 Å². The number of aromatic nitrogens is 1. The number of halogens is 1. The van der Waals surface area contributed by atoms with Crippen LogP contribution in [0.5, 0.6) is 11.5 Å². The van der Waals surface area contributed by atoms with Gasteiger partial charge in [-0.3, -0.25) is 14.5 Å². The third-order valence-electron chi connectivity index (χ3n) is 6.89. The maximum absolute atomic E-state index is 13.7. The zero-order valence-corrected chi connectivity index (χ0v) is 26.1. The molecule has 0 bridgehead atoms. The fourth-order valence-electron chi connectivity index (χ4n) is 4.80. The van der Waals surface area contributed by atoms with Crippen LogP contribution in [0.25, 0.3) is 5.76 Å². The Labute approximate surface area is 269 Å². The number of carbonyl (C=O) groups excluding carboxylic acids is 3. The van der Waals surface area contributed by atoms with Gasteiger partial charge in [0.2, 0.25) is 0 Å². The van der Waals surface area contributed by atoms with Crippen LogP contribution in [0, 0.1) is 6.92 Å². The van der Waals surface area contributed by atoms with Crippen molar-refractivity contribution < 1.29 is 33.7 Å². The van der Waals surface area contributed by atoms with Crippen LogP contribution >= 0.6 is 22.9 Å². The van der Waals surface area contributed by atoms with E-state index >= 15 is 0 Å². The predicted molar refractivity (Wildman–Crippen MR) is 172 cm³/mol. The second kappa shape index (κ2) is 13.8. The third-order valence-corrected chi connectivity index (χ3v) is 8.28. The standard InChI is InChI=1S/C34H29ClN2O7S/c1-4-17-43-33(41)31-20(3)36-34(45-31)37-28(27(30(39)32(37)40)29(38)22-11-14-24(35)15-12-22)23-13-16-25(26(18-23)42-5-2)44-19-21-9-7-6-8-10-21/h4,6-16,18,28,38H,1,5,17,19H2,2-3H3. The number of esters is 1. The smallest absolute Gasteiger partial charge is 0.350 e. The van der Waals surface area contributed by atoms with Gasteiger partial charge in [-0.25, -0.2) is 9.78 Å². The van der Waals surface area contributed by atoms with Crippen molar-refractivity contribution in [1.29, 1.82) is 0 Å². The molecule has 1 unspecified atom stereocenters. The van der Waals surface area contributed by atoms with Crippen molar-refractivity contribution in [2.45, 2.75) is 26.5 Å². The summed E-state index contributed by atoms with van der Waals surface area (Å²) in [6.45, 7) is 7.59. The van der Waals surface area contributed by atoms with Crippen LogP contribution < -0.4 is 14.4 Å². The van der Waals surface area contributed by atoms with Crippen molar-refractivity contribution in [2.75, 3.05) is 18.1 Å². The van der Waals surface area contributed by atoms with Gasteiger partial charge in [0.05, 0.1) is 23.9 Å². The Hall–Kier alpha value is -4.93. The molecule has 11 heteroatoms. The Kier molecular flexibility index (Phi) is 9.65. The molecule has 4 aromatic rings. The highest BCUT2D eigenvalue weighted by Gasteiger charge is 2.48. The molecule has 1 saturated heterocycles. The number of rotatable bonds is 11. The number of nitrogens with zero attached hydrogens (tertiary/aromatic N) is 2. The number of ketones is 1. The van der Waals surface area contributed by atoms with E-state index in [-0.39, 0.29) is 22.2 Å². The maximum Gasteiger partial charge on any atom is 0.350 e. The van der Waals surface area contributed by atoms with E-state index in [9.17, 15) is 19.5 Å². The third kappa shape index (κ3) is 6.62. The van der Waals surface area contributed by atoms with Gasteiger partial charge in [0.1, 0.15) is 23.9 Å². The highest BCUT2D eigenvalue weighted by molar-refractivity contribution is 7.17. The van der Waals surface area contributed by atoms with Crippen LogP contribution in [0.3, 0.4) is 0 Å². The zero-order valence-electron chi connectivity index (χ0n) is 24.5. The molecule has 0 saturated carbocycles. The van der Waals surface area contributed by atoms with Gasteiger partial charge < -0.3 is 19.3 Å². The summed E-state index contributed by atoms with van der Waals surface area (Å²) in [6, 6.07) is 19.8. The first-order chi connectivity index (χ1) is 21.7. The Balaban J connectivity index is 1.63. The second-order valence-corrected chi connectivity index (χ2v) is 11.3. The summed E-state index contributed by atoms with van der Waals surface area (Å²) in [4.78, 5) is 45.8. The molecule has 0 spiro atoms. The highest BCUT2D eigenvalue weighted by atomic mass is 35.5. The molecule has 230 valence electrons. The van der Waals surface area contributed by atoms with Crippen molar-refractivity contribution in [3.63, 3.8) is 0 Å². The molecule has 5 rings (SSSR count). The first-order valence-electron chi connectivity index (χ1n) is 14.0. The van der Waals surface area contributed by atoms with Gasteiger partial charge in [0, 0.05) is 10.6 Å². The van der Waals surface area contributed by atoms with E-state index in [4.69, 9.17) is 25.8 Å². The SMILES string of the molecule is C=CCOC(=O)c1sc(N2C(=O)C(=O)C(=C(O)c3ccc(Cl)cc3)C2c2ccc(OCc3ccccc3)c(OCC)c2)nc1C. The monoisotopic (exact) mass is 644 g/mol. The maximum atomic E-state index is 13.7. The number of thiazole rings is 1. The normalized spacial score (nSPS) is 15.6. The number of amides is 1. The van der Waals surface area contributed by atoms with Crippen LogP contribution in [-0.4, -0.2) is 41.0 Å². The number of hydrogen-bond acceptors (Lipinski definition) is 9. The van der Waals surface area contributed by atoms with Crippen molar-refractivity contribution in [3.05, 3.63) is 123 Å². The molecule has 1 aliphatic rings. The van der Waals surface area contributed by atoms with E-state index in [1.807, 2.05) is 37.3 Å². The molecule has 1 atom stereocenters. The van der Waals surface area contributed by atoms with Crippen LogP contribution in [0.4, 0.5) is 5.13 Å². The van der Waals surface area contributed by atoms with Crippen molar-refractivity contribution in [2.24, 2.45) is 0 Å². The zero-order chi connectivity index (χ0) is 32.1. The van der Waals surface area contributed by atoms with Gasteiger partial charge in [-0.05, 0) is 61.4 Å². The molecule has 1 amide bonds. The molecule has 1 aliphatic heterocycles. The molecule has 9 nitrogen and oxygen atoms in total. The van der Waals surface area contributed by atoms with Gasteiger partial charge in [0.15, 0.2) is 16.6 Å². The lowest BCUT2D eigenvalue weighted by Crippen LogP contribution is -2.29. The summed E-state index contributed by atoms with van der Waals surface area (Å²) >= 11 is 6.96. The van der Waals surface area contributed by atoms with Gasteiger partial charge in [-0.2, -0.15) is 0 Å².